The van der Waals surface area contributed by atoms with Gasteiger partial charge in [0, 0.05) is 11.3 Å². The van der Waals surface area contributed by atoms with Crippen LogP contribution in [0.2, 0.25) is 5.02 Å². The number of unbranched alkanes of at least 4 members (excludes halogenated alkanes) is 1. The van der Waals surface area contributed by atoms with Crippen LogP contribution in [-0.2, 0) is 19.1 Å². The largest absolute Gasteiger partial charge is 0.465 e. The molecular weight excluding hydrogens is 548 g/mol. The summed E-state index contributed by atoms with van der Waals surface area (Å²) in [5.41, 5.74) is 0.535. The highest BCUT2D eigenvalue weighted by atomic mass is 35.5. The lowest BCUT2D eigenvalue weighted by molar-refractivity contribution is -0.156. The molecule has 1 spiro atoms. The van der Waals surface area contributed by atoms with Crippen LogP contribution < -0.4 is 4.90 Å². The lowest BCUT2D eigenvalue weighted by Gasteiger charge is -2.40. The van der Waals surface area contributed by atoms with Crippen molar-refractivity contribution in [2.45, 2.75) is 74.5 Å². The third-order valence-electron chi connectivity index (χ3n) is 8.57. The molecule has 3 fully saturated rings. The molecule has 2 bridgehead atoms. The van der Waals surface area contributed by atoms with Gasteiger partial charge in [-0.1, -0.05) is 49.7 Å². The third-order valence-corrected chi connectivity index (χ3v) is 10.9. The van der Waals surface area contributed by atoms with E-state index in [9.17, 15) is 19.5 Å². The second-order valence-electron chi connectivity index (χ2n) is 11.7. The van der Waals surface area contributed by atoms with E-state index < -0.39 is 33.4 Å². The molecule has 0 aromatic heterocycles. The highest BCUT2D eigenvalue weighted by Gasteiger charge is 2.78. The Balaban J connectivity index is 1.80. The molecule has 1 aromatic carbocycles. The number of anilines is 1. The van der Waals surface area contributed by atoms with Crippen LogP contribution in [-0.4, -0.2) is 69.1 Å². The van der Waals surface area contributed by atoms with Crippen molar-refractivity contribution in [3.8, 4) is 0 Å². The van der Waals surface area contributed by atoms with E-state index >= 15 is 0 Å². The van der Waals surface area contributed by atoms with Crippen LogP contribution in [0.25, 0.3) is 0 Å². The van der Waals surface area contributed by atoms with E-state index in [4.69, 9.17) is 16.3 Å². The van der Waals surface area contributed by atoms with Gasteiger partial charge in [-0.05, 0) is 57.1 Å². The van der Waals surface area contributed by atoms with Crippen molar-refractivity contribution in [3.05, 3.63) is 54.6 Å². The molecule has 2 unspecified atom stereocenters. The number of amides is 2. The van der Waals surface area contributed by atoms with Crippen molar-refractivity contribution < 1.29 is 24.2 Å². The molecule has 0 saturated carbocycles. The molecule has 9 heteroatoms. The van der Waals surface area contributed by atoms with Gasteiger partial charge in [0.05, 0.1) is 46.5 Å². The number of para-hydroxylation sites is 1. The minimum absolute atomic E-state index is 0.179. The summed E-state index contributed by atoms with van der Waals surface area (Å²) in [5.74, 6) is -2.11. The topological polar surface area (TPSA) is 87.1 Å². The van der Waals surface area contributed by atoms with E-state index in [2.05, 4.69) is 13.2 Å². The van der Waals surface area contributed by atoms with Gasteiger partial charge in [-0.25, -0.2) is 0 Å². The molecule has 218 valence electrons. The molecule has 40 heavy (non-hydrogen) atoms. The summed E-state index contributed by atoms with van der Waals surface area (Å²) in [6.07, 6.45) is 6.65. The van der Waals surface area contributed by atoms with Gasteiger partial charge in [0.2, 0.25) is 5.91 Å². The minimum atomic E-state index is -0.873. The number of esters is 1. The van der Waals surface area contributed by atoms with Gasteiger partial charge in [-0.15, -0.1) is 24.9 Å². The smallest absolute Gasteiger partial charge is 0.311 e. The number of hydrogen-bond acceptors (Lipinski definition) is 6. The lowest BCUT2D eigenvalue weighted by atomic mass is 9.66. The van der Waals surface area contributed by atoms with E-state index in [0.717, 1.165) is 6.42 Å². The molecule has 3 saturated heterocycles. The summed E-state index contributed by atoms with van der Waals surface area (Å²) in [6, 6.07) is 5.68. The molecule has 6 atom stereocenters. The average molecular weight is 589 g/mol. The van der Waals surface area contributed by atoms with Gasteiger partial charge in [0.25, 0.3) is 5.91 Å². The van der Waals surface area contributed by atoms with Gasteiger partial charge in [-0.3, -0.25) is 14.4 Å². The number of ether oxygens (including phenoxy) is 1. The Morgan fingerprint density at radius 3 is 2.62 bits per heavy atom. The number of nitrogens with zero attached hydrogens (tertiary/aromatic N) is 2. The molecule has 0 aliphatic carbocycles. The maximum Gasteiger partial charge on any atom is 0.311 e. The number of allylic oxidation sites excluding steroid dienone is 1. The number of benzene rings is 1. The minimum Gasteiger partial charge on any atom is -0.465 e. The zero-order valence-corrected chi connectivity index (χ0v) is 25.3. The number of halogens is 1. The molecule has 2 amide bonds. The summed E-state index contributed by atoms with van der Waals surface area (Å²) in [4.78, 5) is 45.9. The number of fused-ring (bicyclic) bond motifs is 1. The molecule has 4 rings (SSSR count). The highest BCUT2D eigenvalue weighted by molar-refractivity contribution is 8.02. The van der Waals surface area contributed by atoms with Crippen molar-refractivity contribution in [1.82, 2.24) is 4.90 Å². The number of rotatable bonds is 13. The van der Waals surface area contributed by atoms with Crippen LogP contribution in [0.15, 0.2) is 49.6 Å². The fourth-order valence-corrected chi connectivity index (χ4v) is 9.52. The van der Waals surface area contributed by atoms with Gasteiger partial charge < -0.3 is 19.6 Å². The SMILES string of the molecule is C=CCCCOC(=O)[C@@H]1[C@H]2C(=O)N([C@@H](CO)CC(C)C)C(C(=O)N(CC=C)c3ccccc3Cl)C23CC[C@@]1(C)S3. The Kier molecular flexibility index (Phi) is 9.42. The Morgan fingerprint density at radius 1 is 1.27 bits per heavy atom. The molecule has 7 nitrogen and oxygen atoms in total. The number of aliphatic hydroxyl groups is 1. The van der Waals surface area contributed by atoms with Crippen LogP contribution in [0.5, 0.6) is 0 Å². The average Bonchev–Trinajstić information content (AvgIpc) is 3.49. The zero-order chi connectivity index (χ0) is 29.2. The van der Waals surface area contributed by atoms with Crippen molar-refractivity contribution in [1.29, 1.82) is 0 Å². The number of thioether (sulfide) groups is 1. The summed E-state index contributed by atoms with van der Waals surface area (Å²) in [5, 5.41) is 10.9. The van der Waals surface area contributed by atoms with Crippen molar-refractivity contribution in [2.75, 3.05) is 24.7 Å². The number of aliphatic hydroxyl groups excluding tert-OH is 1. The molecule has 1 aromatic rings. The Bertz CT molecular complexity index is 1160. The first-order valence-electron chi connectivity index (χ1n) is 14.1. The van der Waals surface area contributed by atoms with Gasteiger partial charge >= 0.3 is 5.97 Å². The quantitative estimate of drug-likeness (QED) is 0.192. The third kappa shape index (κ3) is 5.23. The maximum absolute atomic E-state index is 14.7. The van der Waals surface area contributed by atoms with E-state index in [-0.39, 0.29) is 43.5 Å². The van der Waals surface area contributed by atoms with Crippen LogP contribution >= 0.6 is 23.4 Å². The van der Waals surface area contributed by atoms with Crippen molar-refractivity contribution in [2.24, 2.45) is 17.8 Å². The molecule has 3 heterocycles. The van der Waals surface area contributed by atoms with Crippen molar-refractivity contribution >= 4 is 46.8 Å². The highest BCUT2D eigenvalue weighted by Crippen LogP contribution is 2.72. The van der Waals surface area contributed by atoms with Gasteiger partial charge in [0.1, 0.15) is 6.04 Å². The monoisotopic (exact) mass is 588 g/mol. The second kappa shape index (κ2) is 12.3. The van der Waals surface area contributed by atoms with E-state index in [0.29, 0.717) is 36.4 Å². The van der Waals surface area contributed by atoms with Crippen LogP contribution in [0.4, 0.5) is 5.69 Å². The molecule has 3 aliphatic heterocycles. The van der Waals surface area contributed by atoms with E-state index in [1.807, 2.05) is 26.8 Å². The number of hydrogen-bond donors (Lipinski definition) is 1. The molecule has 0 radical (unpaired) electrons. The first-order valence-corrected chi connectivity index (χ1v) is 15.3. The molecule has 1 N–H and O–H groups in total. The predicted octanol–water partition coefficient (Wildman–Crippen LogP) is 5.26. The van der Waals surface area contributed by atoms with Crippen LogP contribution in [0.3, 0.4) is 0 Å². The molecule has 3 aliphatic rings. The second-order valence-corrected chi connectivity index (χ2v) is 14.0. The van der Waals surface area contributed by atoms with Crippen LogP contribution in [0, 0.1) is 17.8 Å². The van der Waals surface area contributed by atoms with Crippen LogP contribution in [0.1, 0.15) is 52.9 Å². The number of likely N-dealkylation sites (tertiary alicyclic amines) is 1. The lowest BCUT2D eigenvalue weighted by Crippen LogP contribution is -2.58. The summed E-state index contributed by atoms with van der Waals surface area (Å²) >= 11 is 8.14. The van der Waals surface area contributed by atoms with E-state index in [1.165, 1.54) is 0 Å². The fourth-order valence-electron chi connectivity index (χ4n) is 6.96. The predicted molar refractivity (Wildman–Crippen MR) is 160 cm³/mol. The van der Waals surface area contributed by atoms with Crippen molar-refractivity contribution in [3.63, 3.8) is 0 Å². The van der Waals surface area contributed by atoms with Gasteiger partial charge in [-0.2, -0.15) is 0 Å². The Morgan fingerprint density at radius 2 is 2.00 bits per heavy atom. The molecular formula is C31H41ClN2O5S. The first kappa shape index (κ1) is 30.7. The van der Waals surface area contributed by atoms with E-state index in [1.54, 1.807) is 51.9 Å². The number of carbonyl (C=O) groups is 3. The summed E-state index contributed by atoms with van der Waals surface area (Å²) < 4.78 is 4.36. The maximum atomic E-state index is 14.7. The Hall–Kier alpha value is -2.29. The Labute approximate surface area is 246 Å². The van der Waals surface area contributed by atoms with Gasteiger partial charge in [0.15, 0.2) is 0 Å². The number of carbonyl (C=O) groups excluding carboxylic acids is 3. The normalized spacial score (nSPS) is 29.4. The summed E-state index contributed by atoms with van der Waals surface area (Å²) in [6.45, 7) is 13.8. The first-order chi connectivity index (χ1) is 19.1. The standard InChI is InChI=1S/C31H41ClN2O5S/c1-6-8-11-17-39-29(38)25-24-27(36)34(21(19-35)18-20(3)4)26(31(24)15-14-30(25,5)40-31)28(37)33(16-7-2)23-13-10-9-12-22(23)32/h6-7,9-10,12-13,20-21,24-26,35H,1-2,8,11,14-19H2,3-5H3/t21-,24+,25+,26?,30-,31?/m1/s1. The summed E-state index contributed by atoms with van der Waals surface area (Å²) in [7, 11) is 0. The zero-order valence-electron chi connectivity index (χ0n) is 23.7. The fraction of sp³-hybridized carbons (Fsp3) is 0.581.